The van der Waals surface area contributed by atoms with Crippen LogP contribution in [0, 0.1) is 0 Å². The van der Waals surface area contributed by atoms with Crippen molar-refractivity contribution < 1.29 is 18.0 Å². The Morgan fingerprint density at radius 2 is 2.05 bits per heavy atom. The summed E-state index contributed by atoms with van der Waals surface area (Å²) in [6, 6.07) is 3.77. The van der Waals surface area contributed by atoms with Gasteiger partial charge in [-0.3, -0.25) is 4.79 Å². The number of anilines is 1. The molecule has 1 amide bonds. The Bertz CT molecular complexity index is 463. The van der Waals surface area contributed by atoms with Gasteiger partial charge in [0.05, 0.1) is 12.1 Å². The van der Waals surface area contributed by atoms with Crippen LogP contribution in [0.2, 0.25) is 0 Å². The molecule has 0 unspecified atom stereocenters. The molecular formula is C12H14BrF3N2O. The first kappa shape index (κ1) is 15.8. The van der Waals surface area contributed by atoms with E-state index >= 15 is 0 Å². The second-order valence-corrected chi connectivity index (χ2v) is 4.86. The van der Waals surface area contributed by atoms with Gasteiger partial charge in [-0.2, -0.15) is 13.2 Å². The number of rotatable bonds is 4. The molecule has 0 saturated carbocycles. The van der Waals surface area contributed by atoms with Gasteiger partial charge in [-0.1, -0.05) is 15.9 Å². The van der Waals surface area contributed by atoms with E-state index in [1.54, 1.807) is 14.0 Å². The monoisotopic (exact) mass is 338 g/mol. The molecule has 0 spiro atoms. The maximum atomic E-state index is 12.8. The van der Waals surface area contributed by atoms with Crippen LogP contribution in [0.25, 0.3) is 0 Å². The average Bonchev–Trinajstić information content (AvgIpc) is 2.34. The minimum absolute atomic E-state index is 0.103. The molecule has 0 fully saturated rings. The topological polar surface area (TPSA) is 32.3 Å². The summed E-state index contributed by atoms with van der Waals surface area (Å²) in [6.45, 7) is 2.13. The third-order valence-corrected chi connectivity index (χ3v) is 3.11. The van der Waals surface area contributed by atoms with E-state index in [-0.39, 0.29) is 18.1 Å². The number of amides is 1. The molecule has 0 aliphatic rings. The number of alkyl halides is 3. The first-order valence-corrected chi connectivity index (χ1v) is 6.39. The predicted molar refractivity (Wildman–Crippen MR) is 70.9 cm³/mol. The number of halogens is 4. The molecule has 19 heavy (non-hydrogen) atoms. The molecule has 3 nitrogen and oxygen atoms in total. The van der Waals surface area contributed by atoms with Gasteiger partial charge in [-0.05, 0) is 25.1 Å². The van der Waals surface area contributed by atoms with Gasteiger partial charge in [-0.15, -0.1) is 0 Å². The van der Waals surface area contributed by atoms with Crippen LogP contribution < -0.4 is 5.32 Å². The summed E-state index contributed by atoms with van der Waals surface area (Å²) in [5, 5.41) is 2.53. The highest BCUT2D eigenvalue weighted by atomic mass is 79.9. The highest BCUT2D eigenvalue weighted by Gasteiger charge is 2.33. The molecule has 1 aromatic carbocycles. The Balaban J connectivity index is 2.87. The van der Waals surface area contributed by atoms with E-state index in [0.717, 1.165) is 6.07 Å². The molecule has 0 aromatic heterocycles. The Morgan fingerprint density at radius 3 is 2.58 bits per heavy atom. The first-order valence-electron chi connectivity index (χ1n) is 5.60. The van der Waals surface area contributed by atoms with Gasteiger partial charge in [0.2, 0.25) is 5.91 Å². The van der Waals surface area contributed by atoms with Crippen molar-refractivity contribution in [3.8, 4) is 0 Å². The molecule has 7 heteroatoms. The molecule has 0 saturated heterocycles. The summed E-state index contributed by atoms with van der Waals surface area (Å²) >= 11 is 3.00. The Kier molecular flexibility index (Phi) is 5.22. The zero-order chi connectivity index (χ0) is 14.6. The third-order valence-electron chi connectivity index (χ3n) is 2.62. The van der Waals surface area contributed by atoms with Crippen LogP contribution in [0.5, 0.6) is 0 Å². The van der Waals surface area contributed by atoms with Crippen LogP contribution in [0.15, 0.2) is 22.7 Å². The first-order chi connectivity index (χ1) is 8.75. The second-order valence-electron chi connectivity index (χ2n) is 3.95. The van der Waals surface area contributed by atoms with Crippen molar-refractivity contribution in [1.82, 2.24) is 4.90 Å². The SMILES string of the molecule is CCN(C)C(=O)CNc1ccc(Br)cc1C(F)(F)F. The average molecular weight is 339 g/mol. The van der Waals surface area contributed by atoms with Crippen LogP contribution in [0.1, 0.15) is 12.5 Å². The Morgan fingerprint density at radius 1 is 1.42 bits per heavy atom. The van der Waals surface area contributed by atoms with E-state index in [1.807, 2.05) is 0 Å². The van der Waals surface area contributed by atoms with E-state index in [4.69, 9.17) is 0 Å². The van der Waals surface area contributed by atoms with Crippen molar-refractivity contribution in [1.29, 1.82) is 0 Å². The molecule has 106 valence electrons. The molecule has 0 aliphatic carbocycles. The zero-order valence-electron chi connectivity index (χ0n) is 10.5. The van der Waals surface area contributed by atoms with Gasteiger partial charge in [0.15, 0.2) is 0 Å². The van der Waals surface area contributed by atoms with Gasteiger partial charge in [-0.25, -0.2) is 0 Å². The lowest BCUT2D eigenvalue weighted by molar-refractivity contribution is -0.137. The normalized spacial score (nSPS) is 11.3. The maximum absolute atomic E-state index is 12.8. The smallest absolute Gasteiger partial charge is 0.376 e. The summed E-state index contributed by atoms with van der Waals surface area (Å²) in [5.41, 5.74) is -0.901. The highest BCUT2D eigenvalue weighted by Crippen LogP contribution is 2.36. The number of nitrogens with one attached hydrogen (secondary N) is 1. The Hall–Kier alpha value is -1.24. The summed E-state index contributed by atoms with van der Waals surface area (Å²) < 4.78 is 38.8. The minimum Gasteiger partial charge on any atom is -0.376 e. The fourth-order valence-electron chi connectivity index (χ4n) is 1.39. The van der Waals surface area contributed by atoms with Gasteiger partial charge in [0, 0.05) is 23.8 Å². The molecule has 0 heterocycles. The van der Waals surface area contributed by atoms with Crippen molar-refractivity contribution in [2.24, 2.45) is 0 Å². The molecule has 1 rings (SSSR count). The highest BCUT2D eigenvalue weighted by molar-refractivity contribution is 9.10. The van der Waals surface area contributed by atoms with Gasteiger partial charge >= 0.3 is 6.18 Å². The van der Waals surface area contributed by atoms with E-state index in [2.05, 4.69) is 21.2 Å². The summed E-state index contributed by atoms with van der Waals surface area (Å²) in [7, 11) is 1.59. The Labute approximate surface area is 117 Å². The lowest BCUT2D eigenvalue weighted by atomic mass is 10.1. The molecule has 0 radical (unpaired) electrons. The van der Waals surface area contributed by atoms with Crippen LogP contribution >= 0.6 is 15.9 Å². The number of likely N-dealkylation sites (N-methyl/N-ethyl adjacent to an activating group) is 1. The van der Waals surface area contributed by atoms with Crippen molar-refractivity contribution in [3.05, 3.63) is 28.2 Å². The molecule has 1 N–H and O–H groups in total. The molecule has 0 aliphatic heterocycles. The van der Waals surface area contributed by atoms with Crippen LogP contribution in [-0.2, 0) is 11.0 Å². The molecular weight excluding hydrogens is 325 g/mol. The number of nitrogens with zero attached hydrogens (tertiary/aromatic N) is 1. The third kappa shape index (κ3) is 4.41. The lowest BCUT2D eigenvalue weighted by Crippen LogP contribution is -2.32. The van der Waals surface area contributed by atoms with Crippen molar-refractivity contribution in [2.45, 2.75) is 13.1 Å². The van der Waals surface area contributed by atoms with Gasteiger partial charge in [0.1, 0.15) is 0 Å². The standard InChI is InChI=1S/C12H14BrF3N2O/c1-3-18(2)11(19)7-17-10-5-4-8(13)6-9(10)12(14,15)16/h4-6,17H,3,7H2,1-2H3. The summed E-state index contributed by atoms with van der Waals surface area (Å²) in [6.07, 6.45) is -4.47. The number of carbonyl (C=O) groups excluding carboxylic acids is 1. The van der Waals surface area contributed by atoms with Gasteiger partial charge < -0.3 is 10.2 Å². The number of carbonyl (C=O) groups is 1. The van der Waals surface area contributed by atoms with Crippen LogP contribution in [-0.4, -0.2) is 30.9 Å². The fraction of sp³-hybridized carbons (Fsp3) is 0.417. The summed E-state index contributed by atoms with van der Waals surface area (Å²) in [4.78, 5) is 13.0. The largest absolute Gasteiger partial charge is 0.418 e. The number of hydrogen-bond acceptors (Lipinski definition) is 2. The predicted octanol–water partition coefficient (Wildman–Crippen LogP) is 3.36. The zero-order valence-corrected chi connectivity index (χ0v) is 12.1. The molecule has 0 bridgehead atoms. The van der Waals surface area contributed by atoms with Gasteiger partial charge in [0.25, 0.3) is 0 Å². The van der Waals surface area contributed by atoms with E-state index < -0.39 is 11.7 Å². The molecule has 1 aromatic rings. The quantitative estimate of drug-likeness (QED) is 0.912. The van der Waals surface area contributed by atoms with Crippen molar-refractivity contribution in [2.75, 3.05) is 25.5 Å². The second kappa shape index (κ2) is 6.27. The minimum atomic E-state index is -4.47. The van der Waals surface area contributed by atoms with Crippen LogP contribution in [0.4, 0.5) is 18.9 Å². The van der Waals surface area contributed by atoms with E-state index in [9.17, 15) is 18.0 Å². The number of benzene rings is 1. The lowest BCUT2D eigenvalue weighted by Gasteiger charge is -2.18. The maximum Gasteiger partial charge on any atom is 0.418 e. The summed E-state index contributed by atoms with van der Waals surface area (Å²) in [5.74, 6) is -0.265. The fourth-order valence-corrected chi connectivity index (χ4v) is 1.75. The van der Waals surface area contributed by atoms with Crippen LogP contribution in [0.3, 0.4) is 0 Å². The van der Waals surface area contributed by atoms with E-state index in [1.165, 1.54) is 17.0 Å². The van der Waals surface area contributed by atoms with E-state index in [0.29, 0.717) is 11.0 Å². The molecule has 0 atom stereocenters. The van der Waals surface area contributed by atoms with Crippen molar-refractivity contribution >= 4 is 27.5 Å². The number of hydrogen-bond donors (Lipinski definition) is 1. The van der Waals surface area contributed by atoms with Crippen molar-refractivity contribution in [3.63, 3.8) is 0 Å².